The molecule has 2 atom stereocenters. The van der Waals surface area contributed by atoms with Crippen LogP contribution in [0, 0.1) is 0 Å². The molecule has 0 saturated carbocycles. The van der Waals surface area contributed by atoms with Crippen LogP contribution in [0.25, 0.3) is 0 Å². The van der Waals surface area contributed by atoms with Gasteiger partial charge in [0.05, 0.1) is 17.8 Å². The number of fused-ring (bicyclic) bond motifs is 1. The molecule has 1 N–H and O–H groups in total. The predicted octanol–water partition coefficient (Wildman–Crippen LogP) is 1.92. The van der Waals surface area contributed by atoms with Gasteiger partial charge in [0.15, 0.2) is 5.76 Å². The smallest absolute Gasteiger partial charge is 0.233 e. The van der Waals surface area contributed by atoms with Gasteiger partial charge in [-0.1, -0.05) is 0 Å². The van der Waals surface area contributed by atoms with Crippen molar-refractivity contribution in [3.05, 3.63) is 35.7 Å². The normalized spacial score (nSPS) is 27.6. The highest BCUT2D eigenvalue weighted by Crippen LogP contribution is 2.33. The van der Waals surface area contributed by atoms with E-state index in [0.717, 1.165) is 13.1 Å². The number of hydrogen-bond acceptors (Lipinski definition) is 5. The van der Waals surface area contributed by atoms with Crippen molar-refractivity contribution in [2.24, 2.45) is 0 Å². The largest absolute Gasteiger partial charge is 0.508 e. The van der Waals surface area contributed by atoms with Crippen molar-refractivity contribution in [1.29, 1.82) is 0 Å². The number of carbonyl (C=O) groups is 1. The molecule has 0 aromatic heterocycles. The van der Waals surface area contributed by atoms with E-state index < -0.39 is 0 Å². The molecule has 20 heavy (non-hydrogen) atoms. The minimum absolute atomic E-state index is 0.0893. The van der Waals surface area contributed by atoms with E-state index in [9.17, 15) is 9.90 Å². The Kier molecular flexibility index (Phi) is 3.14. The monoisotopic (exact) mass is 275 g/mol. The summed E-state index contributed by atoms with van der Waals surface area (Å²) in [6.45, 7) is 5.47. The summed E-state index contributed by atoms with van der Waals surface area (Å²) in [6, 6.07) is 4.53. The lowest BCUT2D eigenvalue weighted by Gasteiger charge is -2.34. The van der Waals surface area contributed by atoms with Crippen LogP contribution in [0.5, 0.6) is 11.5 Å². The first-order chi connectivity index (χ1) is 9.52. The van der Waals surface area contributed by atoms with Crippen molar-refractivity contribution in [2.75, 3.05) is 13.1 Å². The van der Waals surface area contributed by atoms with Gasteiger partial charge in [0.2, 0.25) is 5.78 Å². The van der Waals surface area contributed by atoms with Crippen LogP contribution in [0.1, 0.15) is 24.2 Å². The lowest BCUT2D eigenvalue weighted by Crippen LogP contribution is -2.43. The number of ketones is 1. The second-order valence-corrected chi connectivity index (χ2v) is 5.32. The Labute approximate surface area is 117 Å². The highest BCUT2D eigenvalue weighted by Gasteiger charge is 2.29. The third kappa shape index (κ3) is 2.36. The number of allylic oxidation sites excluding steroid dienone is 1. The summed E-state index contributed by atoms with van der Waals surface area (Å²) in [6.07, 6.45) is 1.99. The Morgan fingerprint density at radius 3 is 2.70 bits per heavy atom. The van der Waals surface area contributed by atoms with Crippen LogP contribution in [-0.4, -0.2) is 41.1 Å². The summed E-state index contributed by atoms with van der Waals surface area (Å²) in [5, 5.41) is 9.42. The first kappa shape index (κ1) is 13.0. The van der Waals surface area contributed by atoms with E-state index in [-0.39, 0.29) is 23.7 Å². The standard InChI is InChI=1S/C15H17NO4/c1-9-6-16(7-10(2)19-9)8-14-15(18)12-4-3-11(17)5-13(12)20-14/h3-5,8-10,17H,6-7H2,1-2H3/b14-8-/t9-,10-/m0/s1. The number of aromatic hydroxyl groups is 1. The molecule has 5 heteroatoms. The average Bonchev–Trinajstić information content (AvgIpc) is 2.64. The van der Waals surface area contributed by atoms with Crippen molar-refractivity contribution < 1.29 is 19.4 Å². The molecule has 1 aromatic rings. The summed E-state index contributed by atoms with van der Waals surface area (Å²) in [7, 11) is 0. The van der Waals surface area contributed by atoms with Crippen LogP contribution >= 0.6 is 0 Å². The molecular formula is C15H17NO4. The number of Topliss-reactive ketones (excluding diaryl/α,β-unsaturated/α-hetero) is 1. The van der Waals surface area contributed by atoms with Gasteiger partial charge in [0.25, 0.3) is 0 Å². The number of phenols is 1. The number of hydrogen-bond donors (Lipinski definition) is 1. The van der Waals surface area contributed by atoms with Crippen LogP contribution in [-0.2, 0) is 4.74 Å². The van der Waals surface area contributed by atoms with Crippen molar-refractivity contribution >= 4 is 5.78 Å². The fraction of sp³-hybridized carbons (Fsp3) is 0.400. The molecule has 0 unspecified atom stereocenters. The van der Waals surface area contributed by atoms with Gasteiger partial charge in [-0.25, -0.2) is 0 Å². The number of carbonyl (C=O) groups excluding carboxylic acids is 1. The molecule has 0 amide bonds. The number of morpholine rings is 1. The van der Waals surface area contributed by atoms with Gasteiger partial charge >= 0.3 is 0 Å². The third-order valence-corrected chi connectivity index (χ3v) is 3.40. The molecule has 2 heterocycles. The number of phenolic OH excluding ortho intramolecular Hbond substituents is 1. The second kappa shape index (κ2) is 4.83. The lowest BCUT2D eigenvalue weighted by atomic mass is 10.1. The third-order valence-electron chi connectivity index (χ3n) is 3.40. The highest BCUT2D eigenvalue weighted by molar-refractivity contribution is 6.12. The van der Waals surface area contributed by atoms with E-state index in [1.807, 2.05) is 18.7 Å². The van der Waals surface area contributed by atoms with Gasteiger partial charge in [-0.05, 0) is 26.0 Å². The van der Waals surface area contributed by atoms with Crippen LogP contribution in [0.4, 0.5) is 0 Å². The molecule has 5 nitrogen and oxygen atoms in total. The Bertz CT molecular complexity index is 571. The van der Waals surface area contributed by atoms with Gasteiger partial charge < -0.3 is 19.5 Å². The molecule has 1 aromatic carbocycles. The fourth-order valence-corrected chi connectivity index (χ4v) is 2.65. The van der Waals surface area contributed by atoms with Crippen LogP contribution in [0.3, 0.4) is 0 Å². The minimum Gasteiger partial charge on any atom is -0.508 e. The highest BCUT2D eigenvalue weighted by atomic mass is 16.5. The van der Waals surface area contributed by atoms with Gasteiger partial charge in [0.1, 0.15) is 11.5 Å². The minimum atomic E-state index is -0.146. The zero-order valence-electron chi connectivity index (χ0n) is 11.5. The quantitative estimate of drug-likeness (QED) is 0.793. The first-order valence-corrected chi connectivity index (χ1v) is 6.70. The predicted molar refractivity (Wildman–Crippen MR) is 72.7 cm³/mol. The van der Waals surface area contributed by atoms with Crippen LogP contribution in [0.15, 0.2) is 30.2 Å². The Morgan fingerprint density at radius 1 is 1.30 bits per heavy atom. The van der Waals surface area contributed by atoms with E-state index in [4.69, 9.17) is 9.47 Å². The van der Waals surface area contributed by atoms with Gasteiger partial charge in [-0.3, -0.25) is 4.79 Å². The van der Waals surface area contributed by atoms with E-state index in [1.165, 1.54) is 12.1 Å². The van der Waals surface area contributed by atoms with Gasteiger partial charge in [-0.2, -0.15) is 0 Å². The molecule has 2 aliphatic heterocycles. The van der Waals surface area contributed by atoms with Gasteiger partial charge in [-0.15, -0.1) is 0 Å². The molecule has 106 valence electrons. The summed E-state index contributed by atoms with van der Waals surface area (Å²) < 4.78 is 11.2. The lowest BCUT2D eigenvalue weighted by molar-refractivity contribution is -0.0546. The zero-order valence-corrected chi connectivity index (χ0v) is 11.5. The maximum absolute atomic E-state index is 12.2. The number of rotatable bonds is 1. The molecule has 0 spiro atoms. The van der Waals surface area contributed by atoms with E-state index in [0.29, 0.717) is 17.1 Å². The van der Waals surface area contributed by atoms with Crippen molar-refractivity contribution in [3.63, 3.8) is 0 Å². The molecule has 1 fully saturated rings. The number of ether oxygens (including phenoxy) is 2. The van der Waals surface area contributed by atoms with E-state index in [2.05, 4.69) is 0 Å². The van der Waals surface area contributed by atoms with E-state index in [1.54, 1.807) is 12.3 Å². The van der Waals surface area contributed by atoms with Crippen molar-refractivity contribution in [2.45, 2.75) is 26.1 Å². The summed E-state index contributed by atoms with van der Waals surface area (Å²) in [5.74, 6) is 0.653. The fourth-order valence-electron chi connectivity index (χ4n) is 2.65. The number of nitrogens with zero attached hydrogens (tertiary/aromatic N) is 1. The maximum atomic E-state index is 12.2. The Morgan fingerprint density at radius 2 is 2.00 bits per heavy atom. The van der Waals surface area contributed by atoms with Crippen molar-refractivity contribution in [3.8, 4) is 11.5 Å². The van der Waals surface area contributed by atoms with Crippen molar-refractivity contribution in [1.82, 2.24) is 4.90 Å². The summed E-state index contributed by atoms with van der Waals surface area (Å²) in [5.41, 5.74) is 0.489. The Hall–Kier alpha value is -2.01. The topological polar surface area (TPSA) is 59.0 Å². The summed E-state index contributed by atoms with van der Waals surface area (Å²) in [4.78, 5) is 14.3. The average molecular weight is 275 g/mol. The first-order valence-electron chi connectivity index (χ1n) is 6.70. The molecule has 0 radical (unpaired) electrons. The summed E-state index contributed by atoms with van der Waals surface area (Å²) >= 11 is 0. The second-order valence-electron chi connectivity index (χ2n) is 5.32. The van der Waals surface area contributed by atoms with Crippen LogP contribution < -0.4 is 4.74 Å². The molecular weight excluding hydrogens is 258 g/mol. The van der Waals surface area contributed by atoms with E-state index >= 15 is 0 Å². The maximum Gasteiger partial charge on any atom is 0.233 e. The van der Waals surface area contributed by atoms with Gasteiger partial charge in [0, 0.05) is 25.4 Å². The molecule has 0 bridgehead atoms. The molecule has 0 aliphatic carbocycles. The number of benzene rings is 1. The molecule has 1 saturated heterocycles. The molecule has 2 aliphatic rings. The van der Waals surface area contributed by atoms with Crippen LogP contribution in [0.2, 0.25) is 0 Å². The SMILES string of the molecule is C[C@H]1CN(/C=C2\Oc3cc(O)ccc3C2=O)C[C@H](C)O1. The molecule has 3 rings (SSSR count). The Balaban J connectivity index is 1.82. The zero-order chi connectivity index (χ0) is 14.3.